The Hall–Kier alpha value is -1.35. The third-order valence-corrected chi connectivity index (χ3v) is 3.08. The van der Waals surface area contributed by atoms with Crippen molar-refractivity contribution in [1.29, 1.82) is 0 Å². The van der Waals surface area contributed by atoms with Gasteiger partial charge in [-0.25, -0.2) is 0 Å². The minimum atomic E-state index is -0.369. The summed E-state index contributed by atoms with van der Waals surface area (Å²) >= 11 is 0. The van der Waals surface area contributed by atoms with E-state index in [0.717, 1.165) is 25.1 Å². The van der Waals surface area contributed by atoms with Gasteiger partial charge in [0.15, 0.2) is 0 Å². The van der Waals surface area contributed by atoms with Crippen LogP contribution < -0.4 is 4.90 Å². The first-order valence-corrected chi connectivity index (χ1v) is 5.66. The zero-order valence-corrected chi connectivity index (χ0v) is 9.77. The molecule has 2 rings (SSSR count). The lowest BCUT2D eigenvalue weighted by molar-refractivity contribution is -0.127. The summed E-state index contributed by atoms with van der Waals surface area (Å²) in [6.45, 7) is 2.59. The maximum atomic E-state index is 12.1. The van der Waals surface area contributed by atoms with Crippen molar-refractivity contribution in [3.8, 4) is 0 Å². The van der Waals surface area contributed by atoms with Crippen LogP contribution >= 0.6 is 0 Å². The van der Waals surface area contributed by atoms with Gasteiger partial charge in [0.25, 0.3) is 5.91 Å². The van der Waals surface area contributed by atoms with Gasteiger partial charge in [0.1, 0.15) is 6.10 Å². The highest BCUT2D eigenvalue weighted by Crippen LogP contribution is 2.27. The highest BCUT2D eigenvalue weighted by atomic mass is 16.5. The van der Waals surface area contributed by atoms with Crippen molar-refractivity contribution in [3.05, 3.63) is 29.8 Å². The fourth-order valence-corrected chi connectivity index (χ4v) is 2.08. The van der Waals surface area contributed by atoms with Crippen molar-refractivity contribution in [3.63, 3.8) is 0 Å². The maximum Gasteiger partial charge on any atom is 0.255 e. The molecule has 0 fully saturated rings. The van der Waals surface area contributed by atoms with E-state index in [1.807, 2.05) is 23.1 Å². The standard InChI is InChI=1S/C13H17NO2/c1-10(16-2)13(15)14-9-5-7-11-6-3-4-8-12(11)14/h3-4,6,8,10H,5,7,9H2,1-2H3. The van der Waals surface area contributed by atoms with E-state index in [0.29, 0.717) is 0 Å². The lowest BCUT2D eigenvalue weighted by Gasteiger charge is -2.31. The molecule has 3 heteroatoms. The SMILES string of the molecule is COC(C)C(=O)N1CCCc2ccccc21. The third-order valence-electron chi connectivity index (χ3n) is 3.08. The number of hydrogen-bond donors (Lipinski definition) is 0. The van der Waals surface area contributed by atoms with Crippen molar-refractivity contribution in [2.75, 3.05) is 18.6 Å². The number of nitrogens with zero attached hydrogens (tertiary/aromatic N) is 1. The Balaban J connectivity index is 2.28. The van der Waals surface area contributed by atoms with Crippen LogP contribution in [0.2, 0.25) is 0 Å². The van der Waals surface area contributed by atoms with Crippen LogP contribution in [0.25, 0.3) is 0 Å². The molecule has 3 nitrogen and oxygen atoms in total. The Kier molecular flexibility index (Phi) is 3.25. The van der Waals surface area contributed by atoms with Crippen LogP contribution in [0.15, 0.2) is 24.3 Å². The van der Waals surface area contributed by atoms with Crippen molar-refractivity contribution in [2.24, 2.45) is 0 Å². The number of ether oxygens (including phenoxy) is 1. The Morgan fingerprint density at radius 3 is 2.94 bits per heavy atom. The van der Waals surface area contributed by atoms with Gasteiger partial charge in [-0.05, 0) is 31.4 Å². The number of rotatable bonds is 2. The Labute approximate surface area is 96.0 Å². The molecule has 1 atom stereocenters. The molecule has 1 aromatic rings. The van der Waals surface area contributed by atoms with E-state index in [1.54, 1.807) is 14.0 Å². The number of anilines is 1. The van der Waals surface area contributed by atoms with E-state index < -0.39 is 0 Å². The highest BCUT2D eigenvalue weighted by Gasteiger charge is 2.25. The number of fused-ring (bicyclic) bond motifs is 1. The number of carbonyl (C=O) groups is 1. The van der Waals surface area contributed by atoms with Crippen LogP contribution in [0.5, 0.6) is 0 Å². The third kappa shape index (κ3) is 1.95. The van der Waals surface area contributed by atoms with E-state index in [1.165, 1.54) is 5.56 Å². The summed E-state index contributed by atoms with van der Waals surface area (Å²) in [4.78, 5) is 13.9. The first kappa shape index (κ1) is 11.1. The van der Waals surface area contributed by atoms with Gasteiger partial charge in [-0.1, -0.05) is 18.2 Å². The summed E-state index contributed by atoms with van der Waals surface area (Å²) in [5.41, 5.74) is 2.30. The smallest absolute Gasteiger partial charge is 0.255 e. The molecule has 0 aliphatic carbocycles. The van der Waals surface area contributed by atoms with Crippen molar-refractivity contribution in [1.82, 2.24) is 0 Å². The van der Waals surface area contributed by atoms with Crippen molar-refractivity contribution >= 4 is 11.6 Å². The number of hydrogen-bond acceptors (Lipinski definition) is 2. The van der Waals surface area contributed by atoms with Crippen molar-refractivity contribution < 1.29 is 9.53 Å². The second-order valence-corrected chi connectivity index (χ2v) is 4.10. The van der Waals surface area contributed by atoms with Gasteiger partial charge in [-0.2, -0.15) is 0 Å². The summed E-state index contributed by atoms with van der Waals surface area (Å²) in [5.74, 6) is 0.0506. The van der Waals surface area contributed by atoms with Gasteiger partial charge in [0, 0.05) is 19.3 Å². The minimum Gasteiger partial charge on any atom is -0.372 e. The van der Waals surface area contributed by atoms with Crippen LogP contribution in [0, 0.1) is 0 Å². The van der Waals surface area contributed by atoms with Crippen LogP contribution in [0.1, 0.15) is 18.9 Å². The van der Waals surface area contributed by atoms with Crippen LogP contribution in [-0.2, 0) is 16.0 Å². The molecule has 0 aromatic heterocycles. The summed E-state index contributed by atoms with van der Waals surface area (Å²) < 4.78 is 5.09. The molecule has 0 spiro atoms. The van der Waals surface area contributed by atoms with Crippen molar-refractivity contribution in [2.45, 2.75) is 25.9 Å². The molecule has 1 unspecified atom stereocenters. The van der Waals surface area contributed by atoms with Crippen LogP contribution in [0.4, 0.5) is 5.69 Å². The van der Waals surface area contributed by atoms with Gasteiger partial charge in [-0.3, -0.25) is 4.79 Å². The topological polar surface area (TPSA) is 29.5 Å². The molecule has 1 aromatic carbocycles. The lowest BCUT2D eigenvalue weighted by Crippen LogP contribution is -2.41. The normalized spacial score (nSPS) is 16.8. The number of methoxy groups -OCH3 is 1. The molecule has 0 N–H and O–H groups in total. The second-order valence-electron chi connectivity index (χ2n) is 4.10. The zero-order valence-electron chi connectivity index (χ0n) is 9.77. The van der Waals surface area contributed by atoms with Gasteiger partial charge in [0.2, 0.25) is 0 Å². The number of benzene rings is 1. The van der Waals surface area contributed by atoms with Crippen LogP contribution in [0.3, 0.4) is 0 Å². The van der Waals surface area contributed by atoms with E-state index in [-0.39, 0.29) is 12.0 Å². The number of carbonyl (C=O) groups excluding carboxylic acids is 1. The molecule has 0 bridgehead atoms. The zero-order chi connectivity index (χ0) is 11.5. The average molecular weight is 219 g/mol. The second kappa shape index (κ2) is 4.66. The predicted octanol–water partition coefficient (Wildman–Crippen LogP) is 2.00. The molecule has 1 aliphatic rings. The summed E-state index contributed by atoms with van der Waals surface area (Å²) in [5, 5.41) is 0. The highest BCUT2D eigenvalue weighted by molar-refractivity contribution is 5.97. The van der Waals surface area contributed by atoms with Gasteiger partial charge in [-0.15, -0.1) is 0 Å². The van der Waals surface area contributed by atoms with E-state index >= 15 is 0 Å². The van der Waals surface area contributed by atoms with E-state index in [9.17, 15) is 4.79 Å². The largest absolute Gasteiger partial charge is 0.372 e. The van der Waals surface area contributed by atoms with E-state index in [2.05, 4.69) is 6.07 Å². The number of aryl methyl sites for hydroxylation is 1. The monoisotopic (exact) mass is 219 g/mol. The number of para-hydroxylation sites is 1. The summed E-state index contributed by atoms with van der Waals surface area (Å²) in [6.07, 6.45) is 1.71. The summed E-state index contributed by atoms with van der Waals surface area (Å²) in [6, 6.07) is 8.09. The predicted molar refractivity (Wildman–Crippen MR) is 63.6 cm³/mol. The minimum absolute atomic E-state index is 0.0506. The summed E-state index contributed by atoms with van der Waals surface area (Å²) in [7, 11) is 1.57. The Morgan fingerprint density at radius 2 is 2.19 bits per heavy atom. The molecule has 0 radical (unpaired) electrons. The molecule has 0 saturated carbocycles. The fourth-order valence-electron chi connectivity index (χ4n) is 2.08. The Bertz CT molecular complexity index is 389. The molecule has 86 valence electrons. The van der Waals surface area contributed by atoms with Gasteiger partial charge in [0.05, 0.1) is 0 Å². The van der Waals surface area contributed by atoms with Gasteiger partial charge < -0.3 is 9.64 Å². The van der Waals surface area contributed by atoms with E-state index in [4.69, 9.17) is 4.74 Å². The van der Waals surface area contributed by atoms with Gasteiger partial charge >= 0.3 is 0 Å². The molecule has 1 heterocycles. The molecule has 0 saturated heterocycles. The maximum absolute atomic E-state index is 12.1. The fraction of sp³-hybridized carbons (Fsp3) is 0.462. The first-order valence-electron chi connectivity index (χ1n) is 5.66. The molecule has 1 aliphatic heterocycles. The Morgan fingerprint density at radius 1 is 1.44 bits per heavy atom. The quantitative estimate of drug-likeness (QED) is 0.761. The van der Waals surface area contributed by atoms with Crippen LogP contribution in [-0.4, -0.2) is 25.7 Å². The molecular weight excluding hydrogens is 202 g/mol. The lowest BCUT2D eigenvalue weighted by atomic mass is 10.0. The molecule has 16 heavy (non-hydrogen) atoms. The number of amides is 1. The molecular formula is C13H17NO2. The molecule has 1 amide bonds. The first-order chi connectivity index (χ1) is 7.74. The average Bonchev–Trinajstić information content (AvgIpc) is 2.36.